The second-order valence-electron chi connectivity index (χ2n) is 4.31. The predicted octanol–water partition coefficient (Wildman–Crippen LogP) is 0.00840. The van der Waals surface area contributed by atoms with E-state index < -0.39 is 18.5 Å². The molecule has 0 radical (unpaired) electrons. The number of rotatable bonds is 5. The van der Waals surface area contributed by atoms with Gasteiger partial charge in [-0.2, -0.15) is 0 Å². The molecular weight excluding hydrogens is 227 g/mol. The number of hydrogen-bond donors (Lipinski definition) is 4. The first-order chi connectivity index (χ1) is 7.52. The third-order valence-corrected chi connectivity index (χ3v) is 2.02. The smallest absolute Gasteiger partial charge is 0.515 e. The van der Waals surface area contributed by atoms with Crippen LogP contribution in [0, 0.1) is 0 Å². The van der Waals surface area contributed by atoms with Crippen LogP contribution in [0.4, 0.5) is 0 Å². The van der Waals surface area contributed by atoms with Crippen molar-refractivity contribution in [3.63, 3.8) is 0 Å². The molecule has 0 aromatic carbocycles. The summed E-state index contributed by atoms with van der Waals surface area (Å²) >= 11 is 0. The van der Waals surface area contributed by atoms with Gasteiger partial charge in [0.25, 0.3) is 0 Å². The van der Waals surface area contributed by atoms with E-state index in [1.54, 1.807) is 34.6 Å². The van der Waals surface area contributed by atoms with Crippen LogP contribution in [-0.2, 0) is 9.39 Å². The van der Waals surface area contributed by atoms with Crippen LogP contribution in [0.5, 0.6) is 0 Å². The highest BCUT2D eigenvalue weighted by atomic mass is 16.6. The Kier molecular flexibility index (Phi) is 9.14. The average molecular weight is 250 g/mol. The quantitative estimate of drug-likeness (QED) is 0.405. The molecule has 0 atom stereocenters. The lowest BCUT2D eigenvalue weighted by atomic mass is 9.90. The normalized spacial score (nSPS) is 11.8. The summed E-state index contributed by atoms with van der Waals surface area (Å²) in [5.41, 5.74) is -2.01. The first-order valence-corrected chi connectivity index (χ1v) is 5.25. The molecule has 0 aromatic rings. The molecule has 0 aromatic heterocycles. The van der Waals surface area contributed by atoms with E-state index in [2.05, 4.69) is 9.39 Å². The standard InChI is InChI=1S/C6H14O2.C4H9BO4/c1-5(2,7)6(3,4)8;1-2-8-3-4-9-5(6)7/h7-8H,1-4H3;3-4,6-7H,2H2,1H3. The maximum absolute atomic E-state index is 9.10. The molecular formula is C10H23BO6. The summed E-state index contributed by atoms with van der Waals surface area (Å²) < 4.78 is 8.81. The summed E-state index contributed by atoms with van der Waals surface area (Å²) in [6.45, 7) is 8.64. The SMILES string of the molecule is CC(C)(O)C(C)(C)O.CCOC=COB(O)O. The third-order valence-electron chi connectivity index (χ3n) is 2.02. The van der Waals surface area contributed by atoms with Gasteiger partial charge in [-0.3, -0.25) is 0 Å². The molecule has 0 saturated carbocycles. The largest absolute Gasteiger partial charge is 0.707 e. The zero-order valence-electron chi connectivity index (χ0n) is 11.0. The van der Waals surface area contributed by atoms with Gasteiger partial charge in [-0.25, -0.2) is 0 Å². The van der Waals surface area contributed by atoms with Gasteiger partial charge in [-0.1, -0.05) is 0 Å². The number of ether oxygens (including phenoxy) is 1. The monoisotopic (exact) mass is 250 g/mol. The Hall–Kier alpha value is -0.755. The number of hydrogen-bond acceptors (Lipinski definition) is 6. The highest BCUT2D eigenvalue weighted by Gasteiger charge is 2.31. The lowest BCUT2D eigenvalue weighted by Crippen LogP contribution is -2.44. The van der Waals surface area contributed by atoms with Crippen LogP contribution >= 0.6 is 0 Å². The van der Waals surface area contributed by atoms with Crippen LogP contribution in [0.15, 0.2) is 12.5 Å². The second kappa shape index (κ2) is 8.35. The van der Waals surface area contributed by atoms with Crippen molar-refractivity contribution in [3.8, 4) is 0 Å². The van der Waals surface area contributed by atoms with E-state index in [0.29, 0.717) is 6.61 Å². The molecule has 102 valence electrons. The van der Waals surface area contributed by atoms with Gasteiger partial charge < -0.3 is 29.7 Å². The summed E-state index contributed by atoms with van der Waals surface area (Å²) in [4.78, 5) is 0. The van der Waals surface area contributed by atoms with Gasteiger partial charge in [0.05, 0.1) is 24.1 Å². The van der Waals surface area contributed by atoms with E-state index in [1.807, 2.05) is 0 Å². The second-order valence-corrected chi connectivity index (χ2v) is 4.31. The molecule has 0 heterocycles. The lowest BCUT2D eigenvalue weighted by molar-refractivity contribution is -0.107. The van der Waals surface area contributed by atoms with Crippen LogP contribution < -0.4 is 0 Å². The van der Waals surface area contributed by atoms with Crippen LogP contribution in [0.2, 0.25) is 0 Å². The summed E-state index contributed by atoms with van der Waals surface area (Å²) in [6, 6.07) is 0. The van der Waals surface area contributed by atoms with Gasteiger partial charge in [-0.15, -0.1) is 0 Å². The molecule has 0 aliphatic heterocycles. The molecule has 0 amide bonds. The zero-order valence-corrected chi connectivity index (χ0v) is 11.0. The Balaban J connectivity index is 0. The van der Waals surface area contributed by atoms with Gasteiger partial charge >= 0.3 is 7.32 Å². The van der Waals surface area contributed by atoms with Crippen LogP contribution in [0.1, 0.15) is 34.6 Å². The fourth-order valence-electron chi connectivity index (χ4n) is 0.238. The minimum Gasteiger partial charge on any atom is -0.515 e. The topological polar surface area (TPSA) is 99.4 Å². The van der Waals surface area contributed by atoms with Gasteiger partial charge in [-0.05, 0) is 34.6 Å². The molecule has 0 rings (SSSR count). The molecule has 0 aliphatic rings. The van der Waals surface area contributed by atoms with Crippen molar-refractivity contribution < 1.29 is 29.7 Å². The van der Waals surface area contributed by atoms with E-state index in [9.17, 15) is 0 Å². The fourth-order valence-corrected chi connectivity index (χ4v) is 0.238. The van der Waals surface area contributed by atoms with Gasteiger partial charge in [0.1, 0.15) is 6.26 Å². The minimum absolute atomic E-state index is 0.529. The van der Waals surface area contributed by atoms with E-state index in [1.165, 1.54) is 6.26 Å². The van der Waals surface area contributed by atoms with Gasteiger partial charge in [0.2, 0.25) is 0 Å². The molecule has 0 fully saturated rings. The zero-order chi connectivity index (χ0) is 14.1. The third kappa shape index (κ3) is 13.2. The van der Waals surface area contributed by atoms with Crippen LogP contribution in [0.25, 0.3) is 0 Å². The first kappa shape index (κ1) is 18.6. The Bertz CT molecular complexity index is 192. The predicted molar refractivity (Wildman–Crippen MR) is 64.6 cm³/mol. The minimum atomic E-state index is -1.76. The van der Waals surface area contributed by atoms with Crippen molar-refractivity contribution in [2.45, 2.75) is 45.8 Å². The van der Waals surface area contributed by atoms with Crippen molar-refractivity contribution in [2.75, 3.05) is 6.61 Å². The molecule has 7 heteroatoms. The average Bonchev–Trinajstić information content (AvgIpc) is 2.10. The van der Waals surface area contributed by atoms with E-state index in [4.69, 9.17) is 20.3 Å². The highest BCUT2D eigenvalue weighted by Crippen LogP contribution is 2.19. The van der Waals surface area contributed by atoms with Crippen molar-refractivity contribution in [3.05, 3.63) is 12.5 Å². The summed E-state index contributed by atoms with van der Waals surface area (Å²) in [5, 5.41) is 34.4. The lowest BCUT2D eigenvalue weighted by Gasteiger charge is -2.31. The maximum atomic E-state index is 9.10. The molecule has 17 heavy (non-hydrogen) atoms. The Morgan fingerprint density at radius 3 is 1.65 bits per heavy atom. The van der Waals surface area contributed by atoms with Crippen molar-refractivity contribution in [1.29, 1.82) is 0 Å². The molecule has 4 N–H and O–H groups in total. The van der Waals surface area contributed by atoms with E-state index in [0.717, 1.165) is 6.26 Å². The Morgan fingerprint density at radius 1 is 1.00 bits per heavy atom. The Morgan fingerprint density at radius 2 is 1.41 bits per heavy atom. The van der Waals surface area contributed by atoms with E-state index in [-0.39, 0.29) is 0 Å². The molecule has 0 spiro atoms. The van der Waals surface area contributed by atoms with E-state index >= 15 is 0 Å². The summed E-state index contributed by atoms with van der Waals surface area (Å²) in [5.74, 6) is 0. The number of aliphatic hydroxyl groups is 2. The first-order valence-electron chi connectivity index (χ1n) is 5.25. The molecule has 0 aliphatic carbocycles. The van der Waals surface area contributed by atoms with Crippen molar-refractivity contribution in [2.24, 2.45) is 0 Å². The molecule has 0 bridgehead atoms. The molecule has 0 unspecified atom stereocenters. The van der Waals surface area contributed by atoms with Gasteiger partial charge in [0, 0.05) is 0 Å². The molecule has 6 nitrogen and oxygen atoms in total. The summed E-state index contributed by atoms with van der Waals surface area (Å²) in [6.07, 6.45) is 2.30. The fraction of sp³-hybridized carbons (Fsp3) is 0.800. The maximum Gasteiger partial charge on any atom is 0.707 e. The Labute approximate surface area is 103 Å². The van der Waals surface area contributed by atoms with Gasteiger partial charge in [0.15, 0.2) is 0 Å². The van der Waals surface area contributed by atoms with Crippen molar-refractivity contribution in [1.82, 2.24) is 0 Å². The van der Waals surface area contributed by atoms with Crippen molar-refractivity contribution >= 4 is 7.32 Å². The summed E-state index contributed by atoms with van der Waals surface area (Å²) in [7, 11) is -1.76. The highest BCUT2D eigenvalue weighted by molar-refractivity contribution is 6.32. The van der Waals surface area contributed by atoms with Crippen LogP contribution in [0.3, 0.4) is 0 Å². The molecule has 0 saturated heterocycles. The van der Waals surface area contributed by atoms with Crippen LogP contribution in [-0.4, -0.2) is 45.4 Å².